The van der Waals surface area contributed by atoms with Crippen molar-refractivity contribution in [1.29, 1.82) is 0 Å². The molecule has 2 atom stereocenters. The first-order chi connectivity index (χ1) is 23.8. The highest BCUT2D eigenvalue weighted by atomic mass is 16.4. The van der Waals surface area contributed by atoms with Crippen LogP contribution >= 0.6 is 0 Å². The third-order valence-electron chi connectivity index (χ3n) is 8.42. The third kappa shape index (κ3) is 14.6. The van der Waals surface area contributed by atoms with Gasteiger partial charge in [-0.15, -0.1) is 0 Å². The SMILES string of the molecule is CCCC(=O)N[C@H](CC(C)C)C(=O)N[C@H](CCCCN)C(=O)N1CCC(N)(C(=O)O)CC1.CN(Cc1ccccc1)C(=O)Nc1ccccc1. The number of carbonyl (C=O) groups is 5. The van der Waals surface area contributed by atoms with E-state index in [4.69, 9.17) is 11.5 Å². The van der Waals surface area contributed by atoms with Crippen LogP contribution < -0.4 is 27.4 Å². The summed E-state index contributed by atoms with van der Waals surface area (Å²) in [5.74, 6) is -1.73. The third-order valence-corrected chi connectivity index (χ3v) is 8.42. The highest BCUT2D eigenvalue weighted by Gasteiger charge is 2.40. The van der Waals surface area contributed by atoms with Gasteiger partial charge in [0.25, 0.3) is 0 Å². The number of nitrogens with two attached hydrogens (primary N) is 2. The molecule has 2 aromatic rings. The molecule has 276 valence electrons. The molecular formula is C37H57N7O6. The van der Waals surface area contributed by atoms with Gasteiger partial charge in [-0.2, -0.15) is 0 Å². The number of nitrogens with zero attached hydrogens (tertiary/aromatic N) is 2. The monoisotopic (exact) mass is 695 g/mol. The average Bonchev–Trinajstić information content (AvgIpc) is 3.08. The lowest BCUT2D eigenvalue weighted by Gasteiger charge is -2.38. The molecular weight excluding hydrogens is 638 g/mol. The maximum Gasteiger partial charge on any atom is 0.323 e. The van der Waals surface area contributed by atoms with Crippen LogP contribution in [-0.2, 0) is 25.7 Å². The van der Waals surface area contributed by atoms with E-state index in [2.05, 4.69) is 16.0 Å². The molecule has 1 saturated heterocycles. The van der Waals surface area contributed by atoms with E-state index in [-0.39, 0.29) is 55.6 Å². The molecule has 0 bridgehead atoms. The highest BCUT2D eigenvalue weighted by molar-refractivity contribution is 5.92. The first kappa shape index (κ1) is 41.7. The fraction of sp³-hybridized carbons (Fsp3) is 0.541. The van der Waals surface area contributed by atoms with E-state index in [0.29, 0.717) is 51.6 Å². The van der Waals surface area contributed by atoms with Crippen molar-refractivity contribution in [1.82, 2.24) is 20.4 Å². The van der Waals surface area contributed by atoms with Crippen molar-refractivity contribution in [3.8, 4) is 0 Å². The van der Waals surface area contributed by atoms with Gasteiger partial charge >= 0.3 is 12.0 Å². The van der Waals surface area contributed by atoms with Crippen molar-refractivity contribution in [2.45, 2.75) is 96.3 Å². The number of unbranched alkanes of at least 4 members (excludes halogenated alkanes) is 1. The van der Waals surface area contributed by atoms with Crippen LogP contribution in [-0.4, -0.2) is 88.9 Å². The van der Waals surface area contributed by atoms with Gasteiger partial charge in [0.15, 0.2) is 0 Å². The largest absolute Gasteiger partial charge is 0.480 e. The van der Waals surface area contributed by atoms with Crippen LogP contribution in [0.3, 0.4) is 0 Å². The van der Waals surface area contributed by atoms with Crippen molar-refractivity contribution >= 4 is 35.4 Å². The van der Waals surface area contributed by atoms with Crippen molar-refractivity contribution in [2.24, 2.45) is 17.4 Å². The van der Waals surface area contributed by atoms with Crippen LogP contribution in [0.5, 0.6) is 0 Å². The van der Waals surface area contributed by atoms with Crippen LogP contribution in [0.1, 0.15) is 77.7 Å². The number of anilines is 1. The van der Waals surface area contributed by atoms with E-state index in [1.165, 1.54) is 0 Å². The first-order valence-corrected chi connectivity index (χ1v) is 17.5. The Morgan fingerprint density at radius 3 is 2.06 bits per heavy atom. The minimum Gasteiger partial charge on any atom is -0.480 e. The maximum absolute atomic E-state index is 13.2. The summed E-state index contributed by atoms with van der Waals surface area (Å²) in [6, 6.07) is 17.8. The Labute approximate surface area is 296 Å². The molecule has 3 rings (SSSR count). The van der Waals surface area contributed by atoms with E-state index >= 15 is 0 Å². The molecule has 0 aromatic heterocycles. The minimum atomic E-state index is -1.33. The number of hydrogen-bond acceptors (Lipinski definition) is 7. The number of urea groups is 1. The normalized spacial score (nSPS) is 14.7. The predicted molar refractivity (Wildman–Crippen MR) is 195 cm³/mol. The van der Waals surface area contributed by atoms with Crippen LogP contribution in [0.15, 0.2) is 60.7 Å². The topological polar surface area (TPSA) is 200 Å². The van der Waals surface area contributed by atoms with Gasteiger partial charge in [-0.05, 0) is 75.1 Å². The van der Waals surface area contributed by atoms with E-state index in [0.717, 1.165) is 11.3 Å². The van der Waals surface area contributed by atoms with E-state index in [1.54, 1.807) is 16.8 Å². The molecule has 1 aliphatic heterocycles. The van der Waals surface area contributed by atoms with Gasteiger partial charge in [-0.1, -0.05) is 69.3 Å². The number of likely N-dealkylation sites (tertiary alicyclic amines) is 1. The summed E-state index contributed by atoms with van der Waals surface area (Å²) in [5.41, 5.74) is 12.1. The number of aliphatic carboxylic acids is 1. The summed E-state index contributed by atoms with van der Waals surface area (Å²) in [5, 5.41) is 17.8. The average molecular weight is 696 g/mol. The zero-order valence-electron chi connectivity index (χ0n) is 30.0. The van der Waals surface area contributed by atoms with E-state index in [1.807, 2.05) is 81.4 Å². The zero-order valence-corrected chi connectivity index (χ0v) is 30.0. The lowest BCUT2D eigenvalue weighted by Crippen LogP contribution is -2.60. The quantitative estimate of drug-likeness (QED) is 0.143. The number of piperidine rings is 1. The minimum absolute atomic E-state index is 0.106. The number of nitrogens with one attached hydrogen (secondary N) is 3. The summed E-state index contributed by atoms with van der Waals surface area (Å²) >= 11 is 0. The number of carbonyl (C=O) groups excluding carboxylic acids is 4. The molecule has 2 aromatic carbocycles. The van der Waals surface area contributed by atoms with Gasteiger partial charge in [0.05, 0.1) is 0 Å². The number of carboxylic acid groups (broad SMARTS) is 1. The fourth-order valence-electron chi connectivity index (χ4n) is 5.45. The lowest BCUT2D eigenvalue weighted by molar-refractivity contribution is -0.148. The maximum atomic E-state index is 13.2. The Kier molecular flexibility index (Phi) is 18.0. The Bertz CT molecular complexity index is 1350. The second-order valence-corrected chi connectivity index (χ2v) is 13.3. The van der Waals surface area contributed by atoms with Crippen molar-refractivity contribution < 1.29 is 29.1 Å². The number of amides is 5. The van der Waals surface area contributed by atoms with E-state index < -0.39 is 23.6 Å². The summed E-state index contributed by atoms with van der Waals surface area (Å²) in [7, 11) is 1.78. The van der Waals surface area contributed by atoms with Gasteiger partial charge in [0.1, 0.15) is 17.6 Å². The van der Waals surface area contributed by atoms with Crippen molar-refractivity contribution in [3.63, 3.8) is 0 Å². The van der Waals surface area contributed by atoms with Crippen molar-refractivity contribution in [3.05, 3.63) is 66.2 Å². The Hall–Kier alpha value is -4.49. The Balaban J connectivity index is 0.000000403. The van der Waals surface area contributed by atoms with E-state index in [9.17, 15) is 29.1 Å². The summed E-state index contributed by atoms with van der Waals surface area (Å²) in [4.78, 5) is 64.8. The summed E-state index contributed by atoms with van der Waals surface area (Å²) in [6.07, 6.45) is 3.57. The van der Waals surface area contributed by atoms with Gasteiger partial charge in [0, 0.05) is 38.8 Å². The van der Waals surface area contributed by atoms with Crippen molar-refractivity contribution in [2.75, 3.05) is 32.0 Å². The van der Waals surface area contributed by atoms with Gasteiger partial charge in [-0.3, -0.25) is 19.2 Å². The molecule has 0 saturated carbocycles. The molecule has 50 heavy (non-hydrogen) atoms. The fourth-order valence-corrected chi connectivity index (χ4v) is 5.45. The van der Waals surface area contributed by atoms with Gasteiger partial charge in [0.2, 0.25) is 17.7 Å². The molecule has 1 aliphatic rings. The smallest absolute Gasteiger partial charge is 0.323 e. The Morgan fingerprint density at radius 1 is 0.920 bits per heavy atom. The van der Waals surface area contributed by atoms with Gasteiger partial charge in [-0.25, -0.2) is 4.79 Å². The number of hydrogen-bond donors (Lipinski definition) is 6. The van der Waals surface area contributed by atoms with Crippen LogP contribution in [0.4, 0.5) is 10.5 Å². The summed E-state index contributed by atoms with van der Waals surface area (Å²) in [6.45, 7) is 7.33. The van der Waals surface area contributed by atoms with Crippen LogP contribution in [0.2, 0.25) is 0 Å². The second kappa shape index (κ2) is 21.6. The molecule has 0 unspecified atom stereocenters. The molecule has 0 spiro atoms. The number of benzene rings is 2. The standard InChI is InChI=1S/C22H41N5O5.C15H16N2O/c1-4-7-18(28)25-17(14-15(2)3)19(29)26-16(8-5-6-11-23)20(30)27-12-9-22(24,10-13-27)21(31)32;1-17(12-13-8-4-2-5-9-13)15(18)16-14-10-6-3-7-11-14/h15-17H,4-14,23-24H2,1-3H3,(H,25,28)(H,26,29)(H,31,32);2-11H,12H2,1H3,(H,16,18)/t16-,17-;/m1./s1. The molecule has 1 fully saturated rings. The molecule has 5 amide bonds. The highest BCUT2D eigenvalue weighted by Crippen LogP contribution is 2.21. The molecule has 1 heterocycles. The predicted octanol–water partition coefficient (Wildman–Crippen LogP) is 3.69. The van der Waals surface area contributed by atoms with Crippen LogP contribution in [0.25, 0.3) is 0 Å². The van der Waals surface area contributed by atoms with Crippen LogP contribution in [0, 0.1) is 5.92 Å². The molecule has 13 nitrogen and oxygen atoms in total. The lowest BCUT2D eigenvalue weighted by atomic mass is 9.88. The molecule has 0 aliphatic carbocycles. The first-order valence-electron chi connectivity index (χ1n) is 17.5. The number of para-hydroxylation sites is 1. The molecule has 0 radical (unpaired) electrons. The summed E-state index contributed by atoms with van der Waals surface area (Å²) < 4.78 is 0. The number of carboxylic acids is 1. The Morgan fingerprint density at radius 2 is 1.52 bits per heavy atom. The zero-order chi connectivity index (χ0) is 37.1. The second-order valence-electron chi connectivity index (χ2n) is 13.3. The molecule has 8 N–H and O–H groups in total. The number of rotatable bonds is 16. The molecule has 13 heteroatoms. The van der Waals surface area contributed by atoms with Gasteiger partial charge < -0.3 is 42.3 Å².